The molecule has 1 N–H and O–H groups in total. The maximum atomic E-state index is 11.9. The lowest BCUT2D eigenvalue weighted by atomic mass is 10.1. The largest absolute Gasteiger partial charge is 0.356 e. The molecule has 0 unspecified atom stereocenters. The molecule has 0 radical (unpaired) electrons. The lowest BCUT2D eigenvalue weighted by Gasteiger charge is -2.06. The highest BCUT2D eigenvalue weighted by atomic mass is 35.5. The van der Waals surface area contributed by atoms with Gasteiger partial charge in [-0.15, -0.1) is 0 Å². The predicted molar refractivity (Wildman–Crippen MR) is 91.9 cm³/mol. The normalized spacial score (nSPS) is 10.9. The fraction of sp³-hybridized carbons (Fsp3) is 0.294. The number of carbonyl (C=O) groups is 1. The Labute approximate surface area is 144 Å². The van der Waals surface area contributed by atoms with Gasteiger partial charge in [-0.25, -0.2) is 9.50 Å². The molecule has 24 heavy (non-hydrogen) atoms. The van der Waals surface area contributed by atoms with Crippen LogP contribution in [0.4, 0.5) is 0 Å². The number of nitrogens with zero attached hydrogens (tertiary/aromatic N) is 4. The lowest BCUT2D eigenvalue weighted by Crippen LogP contribution is -2.25. The number of carbonyl (C=O) groups excluding carboxylic acids is 1. The van der Waals surface area contributed by atoms with E-state index in [1.165, 1.54) is 6.33 Å². The molecule has 0 saturated heterocycles. The third kappa shape index (κ3) is 4.52. The maximum Gasteiger partial charge on any atom is 0.252 e. The van der Waals surface area contributed by atoms with Crippen LogP contribution in [-0.2, 0) is 17.6 Å². The van der Waals surface area contributed by atoms with Gasteiger partial charge in [-0.2, -0.15) is 10.1 Å². The Bertz CT molecular complexity index is 832. The molecule has 0 aliphatic carbocycles. The van der Waals surface area contributed by atoms with E-state index in [2.05, 4.69) is 20.4 Å². The molecule has 2 aromatic heterocycles. The minimum Gasteiger partial charge on any atom is -0.356 e. The van der Waals surface area contributed by atoms with Crippen molar-refractivity contribution in [2.45, 2.75) is 25.7 Å². The van der Waals surface area contributed by atoms with E-state index in [4.69, 9.17) is 11.6 Å². The number of halogens is 1. The molecule has 6 nitrogen and oxygen atoms in total. The van der Waals surface area contributed by atoms with Crippen LogP contribution in [0.3, 0.4) is 0 Å². The Kier molecular flexibility index (Phi) is 5.38. The summed E-state index contributed by atoms with van der Waals surface area (Å²) in [7, 11) is 0. The summed E-state index contributed by atoms with van der Waals surface area (Å²) in [6.07, 6.45) is 8.03. The quantitative estimate of drug-likeness (QED) is 0.669. The van der Waals surface area contributed by atoms with Gasteiger partial charge in [-0.05, 0) is 42.5 Å². The summed E-state index contributed by atoms with van der Waals surface area (Å²) in [5, 5.41) is 7.70. The van der Waals surface area contributed by atoms with Gasteiger partial charge in [0.05, 0.1) is 0 Å². The van der Waals surface area contributed by atoms with Gasteiger partial charge >= 0.3 is 0 Å². The summed E-state index contributed by atoms with van der Waals surface area (Å²) in [4.78, 5) is 20.1. The standard InChI is InChI=1S/C17H18ClN5O/c18-15-5-1-3-13(9-15)6-7-16(24)19-8-2-4-14-10-20-17-21-12-22-23(17)11-14/h1,3,5,9-12H,2,4,6-8H2,(H,19,24). The Balaban J connectivity index is 1.37. The molecule has 0 aliphatic heterocycles. The number of benzene rings is 1. The molecule has 2 heterocycles. The highest BCUT2D eigenvalue weighted by molar-refractivity contribution is 6.30. The van der Waals surface area contributed by atoms with Crippen LogP contribution in [0.25, 0.3) is 5.78 Å². The second-order valence-electron chi connectivity index (χ2n) is 5.55. The molecule has 1 aromatic carbocycles. The van der Waals surface area contributed by atoms with Crippen LogP contribution in [0.1, 0.15) is 24.0 Å². The first-order valence-electron chi connectivity index (χ1n) is 7.86. The number of rotatable bonds is 7. The highest BCUT2D eigenvalue weighted by Crippen LogP contribution is 2.12. The molecule has 3 aromatic rings. The van der Waals surface area contributed by atoms with Gasteiger partial charge in [0.2, 0.25) is 5.91 Å². The molecule has 0 spiro atoms. The van der Waals surface area contributed by atoms with Crippen LogP contribution in [0.15, 0.2) is 43.0 Å². The van der Waals surface area contributed by atoms with Gasteiger partial charge in [-0.3, -0.25) is 4.79 Å². The summed E-state index contributed by atoms with van der Waals surface area (Å²) >= 11 is 5.93. The number of fused-ring (bicyclic) bond motifs is 1. The van der Waals surface area contributed by atoms with Crippen LogP contribution in [0.2, 0.25) is 5.02 Å². The zero-order valence-electron chi connectivity index (χ0n) is 13.2. The molecule has 0 aliphatic rings. The van der Waals surface area contributed by atoms with E-state index in [9.17, 15) is 4.79 Å². The third-order valence-electron chi connectivity index (χ3n) is 3.68. The van der Waals surface area contributed by atoms with E-state index in [0.717, 1.165) is 24.0 Å². The smallest absolute Gasteiger partial charge is 0.252 e. The first kappa shape index (κ1) is 16.4. The van der Waals surface area contributed by atoms with Crippen molar-refractivity contribution in [1.82, 2.24) is 24.9 Å². The molecule has 0 atom stereocenters. The van der Waals surface area contributed by atoms with Crippen molar-refractivity contribution in [3.63, 3.8) is 0 Å². The predicted octanol–water partition coefficient (Wildman–Crippen LogP) is 2.46. The zero-order chi connectivity index (χ0) is 16.8. The Morgan fingerprint density at radius 2 is 2.12 bits per heavy atom. The summed E-state index contributed by atoms with van der Waals surface area (Å²) in [6.45, 7) is 0.643. The van der Waals surface area contributed by atoms with E-state index < -0.39 is 0 Å². The van der Waals surface area contributed by atoms with Gasteiger partial charge in [0.1, 0.15) is 6.33 Å². The molecule has 3 rings (SSSR count). The van der Waals surface area contributed by atoms with Gasteiger partial charge in [0.25, 0.3) is 5.78 Å². The van der Waals surface area contributed by atoms with E-state index in [1.807, 2.05) is 30.5 Å². The molecular weight excluding hydrogens is 326 g/mol. The second-order valence-corrected chi connectivity index (χ2v) is 5.99. The highest BCUT2D eigenvalue weighted by Gasteiger charge is 2.03. The summed E-state index contributed by atoms with van der Waals surface area (Å²) in [6, 6.07) is 7.60. The topological polar surface area (TPSA) is 72.2 Å². The number of hydrogen-bond donors (Lipinski definition) is 1. The molecule has 124 valence electrons. The SMILES string of the molecule is O=C(CCc1cccc(Cl)c1)NCCCc1cnc2ncnn2c1. The number of nitrogens with one attached hydrogen (secondary N) is 1. The Morgan fingerprint density at radius 1 is 1.21 bits per heavy atom. The lowest BCUT2D eigenvalue weighted by molar-refractivity contribution is -0.121. The van der Waals surface area contributed by atoms with Gasteiger partial charge in [-0.1, -0.05) is 23.7 Å². The first-order valence-corrected chi connectivity index (χ1v) is 8.24. The van der Waals surface area contributed by atoms with Crippen LogP contribution in [0.5, 0.6) is 0 Å². The van der Waals surface area contributed by atoms with Gasteiger partial charge < -0.3 is 5.32 Å². The van der Waals surface area contributed by atoms with Crippen LogP contribution >= 0.6 is 11.6 Å². The molecule has 0 bridgehead atoms. The molecule has 0 fully saturated rings. The summed E-state index contributed by atoms with van der Waals surface area (Å²) < 4.78 is 1.65. The fourth-order valence-electron chi connectivity index (χ4n) is 2.45. The second kappa shape index (κ2) is 7.88. The molecular formula is C17H18ClN5O. The van der Waals surface area contributed by atoms with E-state index in [1.54, 1.807) is 10.7 Å². The monoisotopic (exact) mass is 343 g/mol. The Morgan fingerprint density at radius 3 is 3.00 bits per heavy atom. The number of aryl methyl sites for hydroxylation is 2. The zero-order valence-corrected chi connectivity index (χ0v) is 13.9. The van der Waals surface area contributed by atoms with Crippen LogP contribution < -0.4 is 5.32 Å². The fourth-order valence-corrected chi connectivity index (χ4v) is 2.66. The minimum absolute atomic E-state index is 0.0554. The summed E-state index contributed by atoms with van der Waals surface area (Å²) in [5.41, 5.74) is 2.14. The van der Waals surface area contributed by atoms with Crippen molar-refractivity contribution >= 4 is 23.3 Å². The van der Waals surface area contributed by atoms with Crippen molar-refractivity contribution in [2.75, 3.05) is 6.54 Å². The van der Waals surface area contributed by atoms with E-state index >= 15 is 0 Å². The molecule has 7 heteroatoms. The Hall–Kier alpha value is -2.47. The average molecular weight is 344 g/mol. The average Bonchev–Trinajstić information content (AvgIpc) is 3.05. The van der Waals surface area contributed by atoms with Crippen LogP contribution in [0, 0.1) is 0 Å². The minimum atomic E-state index is 0.0554. The maximum absolute atomic E-state index is 11.9. The molecule has 0 saturated carbocycles. The first-order chi connectivity index (χ1) is 11.7. The van der Waals surface area contributed by atoms with Crippen molar-refractivity contribution < 1.29 is 4.79 Å². The van der Waals surface area contributed by atoms with Gasteiger partial charge in [0.15, 0.2) is 0 Å². The van der Waals surface area contributed by atoms with E-state index in [-0.39, 0.29) is 5.91 Å². The van der Waals surface area contributed by atoms with E-state index in [0.29, 0.717) is 30.2 Å². The number of aromatic nitrogens is 4. The van der Waals surface area contributed by atoms with Crippen molar-refractivity contribution in [3.05, 3.63) is 59.1 Å². The van der Waals surface area contributed by atoms with Crippen LogP contribution in [-0.4, -0.2) is 32.0 Å². The van der Waals surface area contributed by atoms with Crippen molar-refractivity contribution in [1.29, 1.82) is 0 Å². The van der Waals surface area contributed by atoms with Crippen molar-refractivity contribution in [2.24, 2.45) is 0 Å². The molecule has 1 amide bonds. The number of hydrogen-bond acceptors (Lipinski definition) is 4. The summed E-state index contributed by atoms with van der Waals surface area (Å²) in [5.74, 6) is 0.646. The number of amides is 1. The van der Waals surface area contributed by atoms with Gasteiger partial charge in [0, 0.05) is 30.4 Å². The third-order valence-corrected chi connectivity index (χ3v) is 3.92. The van der Waals surface area contributed by atoms with Crippen molar-refractivity contribution in [3.8, 4) is 0 Å².